The number of halogens is 3. The summed E-state index contributed by atoms with van der Waals surface area (Å²) in [6, 6.07) is 18.9. The van der Waals surface area contributed by atoms with Gasteiger partial charge in [0, 0.05) is 6.07 Å². The average Bonchev–Trinajstić information content (AvgIpc) is 2.92. The lowest BCUT2D eigenvalue weighted by molar-refractivity contribution is -0.355. The molecule has 3 aromatic rings. The van der Waals surface area contributed by atoms with Crippen LogP contribution in [-0.2, 0) is 6.18 Å². The van der Waals surface area contributed by atoms with Crippen LogP contribution in [0.15, 0.2) is 72.8 Å². The van der Waals surface area contributed by atoms with E-state index in [-0.39, 0.29) is 17.0 Å². The number of hydrogen-bond acceptors (Lipinski definition) is 2. The van der Waals surface area contributed by atoms with Gasteiger partial charge in [-0.2, -0.15) is 17.9 Å². The smallest absolute Gasteiger partial charge is 0.416 e. The van der Waals surface area contributed by atoms with Crippen molar-refractivity contribution >= 4 is 17.2 Å². The van der Waals surface area contributed by atoms with E-state index >= 15 is 0 Å². The molecule has 0 aliphatic carbocycles. The summed E-state index contributed by atoms with van der Waals surface area (Å²) in [5.41, 5.74) is 0.799. The van der Waals surface area contributed by atoms with Crippen LogP contribution in [0.1, 0.15) is 21.5 Å². The minimum absolute atomic E-state index is 0.0739. The predicted molar refractivity (Wildman–Crippen MR) is 95.0 cm³/mol. The van der Waals surface area contributed by atoms with Gasteiger partial charge >= 0.3 is 6.18 Å². The van der Waals surface area contributed by atoms with Gasteiger partial charge in [0.1, 0.15) is 5.56 Å². The number of ketones is 1. The molecule has 0 spiro atoms. The second kappa shape index (κ2) is 6.09. The molecule has 1 heterocycles. The number of carbonyl (C=O) groups is 1. The summed E-state index contributed by atoms with van der Waals surface area (Å²) in [4.78, 5) is 12.6. The number of Topliss-reactive ketones (excluding diaryl/α,β-unsaturated/α-hetero) is 1. The van der Waals surface area contributed by atoms with Crippen molar-refractivity contribution < 1.29 is 22.7 Å². The number of fused-ring (bicyclic) bond motifs is 1. The van der Waals surface area contributed by atoms with Crippen molar-refractivity contribution in [2.24, 2.45) is 0 Å². The molecule has 0 unspecified atom stereocenters. The Morgan fingerprint density at radius 2 is 1.37 bits per heavy atom. The van der Waals surface area contributed by atoms with Gasteiger partial charge in [0.05, 0.1) is 11.1 Å². The number of hydrogen-bond donors (Lipinski definition) is 0. The number of rotatable bonds is 2. The van der Waals surface area contributed by atoms with E-state index in [0.717, 1.165) is 29.3 Å². The van der Waals surface area contributed by atoms with Crippen LogP contribution in [0.3, 0.4) is 0 Å². The molecule has 0 saturated carbocycles. The van der Waals surface area contributed by atoms with Gasteiger partial charge < -0.3 is 5.21 Å². The maximum atomic E-state index is 12.9. The van der Waals surface area contributed by atoms with E-state index in [9.17, 15) is 23.2 Å². The fraction of sp³-hybridized carbons (Fsp3) is 0.0476. The van der Waals surface area contributed by atoms with Crippen LogP contribution in [0.4, 0.5) is 18.9 Å². The standard InChI is InChI=1S/C21H12F3NO2/c22-21(23,24)16-10-11-18-17(12-16)20(26)19(25(18)27)15-8-6-14(7-9-15)13-4-2-1-3-5-13/h1-12H. The summed E-state index contributed by atoms with van der Waals surface area (Å²) in [7, 11) is 0. The van der Waals surface area contributed by atoms with E-state index in [1.807, 2.05) is 30.3 Å². The minimum atomic E-state index is -4.58. The Kier molecular flexibility index (Phi) is 3.84. The lowest BCUT2D eigenvalue weighted by Gasteiger charge is -2.07. The van der Waals surface area contributed by atoms with Gasteiger partial charge in [-0.15, -0.1) is 0 Å². The molecular weight excluding hydrogens is 355 g/mol. The molecule has 3 aromatic carbocycles. The molecule has 6 heteroatoms. The molecule has 27 heavy (non-hydrogen) atoms. The molecule has 0 fully saturated rings. The zero-order chi connectivity index (χ0) is 19.2. The number of carbonyl (C=O) groups excluding carboxylic acids is 1. The molecule has 0 N–H and O–H groups in total. The summed E-state index contributed by atoms with van der Waals surface area (Å²) < 4.78 is 39.1. The normalized spacial score (nSPS) is 13.8. The summed E-state index contributed by atoms with van der Waals surface area (Å²) in [6.45, 7) is 0. The molecule has 0 aromatic heterocycles. The van der Waals surface area contributed by atoms with E-state index < -0.39 is 17.5 Å². The first kappa shape index (κ1) is 17.0. The minimum Gasteiger partial charge on any atom is -0.618 e. The first-order valence-corrected chi connectivity index (χ1v) is 8.12. The van der Waals surface area contributed by atoms with Crippen LogP contribution >= 0.6 is 0 Å². The highest BCUT2D eigenvalue weighted by Crippen LogP contribution is 2.35. The molecule has 4 rings (SSSR count). The van der Waals surface area contributed by atoms with Gasteiger partial charge in [0.2, 0.25) is 5.69 Å². The number of benzene rings is 3. The summed E-state index contributed by atoms with van der Waals surface area (Å²) in [5, 5.41) is 12.5. The highest BCUT2D eigenvalue weighted by atomic mass is 19.4. The highest BCUT2D eigenvalue weighted by molar-refractivity contribution is 6.52. The van der Waals surface area contributed by atoms with Gasteiger partial charge in [-0.3, -0.25) is 4.79 Å². The Bertz CT molecular complexity index is 1070. The first-order valence-electron chi connectivity index (χ1n) is 8.12. The summed E-state index contributed by atoms with van der Waals surface area (Å²) >= 11 is 0. The molecule has 0 amide bonds. The predicted octanol–water partition coefficient (Wildman–Crippen LogP) is 5.20. The monoisotopic (exact) mass is 367 g/mol. The fourth-order valence-electron chi connectivity index (χ4n) is 3.11. The molecule has 0 bridgehead atoms. The molecule has 0 radical (unpaired) electrons. The van der Waals surface area contributed by atoms with Gasteiger partial charge in [0.25, 0.3) is 11.5 Å². The fourth-order valence-corrected chi connectivity index (χ4v) is 3.11. The summed E-state index contributed by atoms with van der Waals surface area (Å²) in [6.07, 6.45) is -4.58. The zero-order valence-electron chi connectivity index (χ0n) is 13.8. The van der Waals surface area contributed by atoms with E-state index in [0.29, 0.717) is 10.3 Å². The third-order valence-corrected chi connectivity index (χ3v) is 4.47. The van der Waals surface area contributed by atoms with E-state index in [1.165, 1.54) is 0 Å². The van der Waals surface area contributed by atoms with Crippen molar-refractivity contribution in [2.75, 3.05) is 0 Å². The Hall–Kier alpha value is -3.41. The van der Waals surface area contributed by atoms with Crippen molar-refractivity contribution in [3.63, 3.8) is 0 Å². The molecule has 1 aliphatic heterocycles. The van der Waals surface area contributed by atoms with E-state index in [4.69, 9.17) is 0 Å². The van der Waals surface area contributed by atoms with Crippen LogP contribution in [-0.4, -0.2) is 16.2 Å². The Labute approximate surface area is 152 Å². The second-order valence-corrected chi connectivity index (χ2v) is 6.15. The van der Waals surface area contributed by atoms with Crippen molar-refractivity contribution in [2.45, 2.75) is 6.18 Å². The van der Waals surface area contributed by atoms with Crippen LogP contribution < -0.4 is 0 Å². The van der Waals surface area contributed by atoms with Crippen LogP contribution in [0.25, 0.3) is 11.1 Å². The molecule has 0 atom stereocenters. The lowest BCUT2D eigenvalue weighted by Crippen LogP contribution is -2.16. The molecular formula is C21H12F3NO2. The first-order chi connectivity index (χ1) is 12.9. The van der Waals surface area contributed by atoms with Crippen molar-refractivity contribution in [3.8, 4) is 11.1 Å². The SMILES string of the molecule is O=C1C(c2ccc(-c3ccccc3)cc2)=[N+]([O-])c2ccc(C(F)(F)F)cc21. The topological polar surface area (TPSA) is 43.1 Å². The maximum absolute atomic E-state index is 12.9. The lowest BCUT2D eigenvalue weighted by atomic mass is 9.98. The Balaban J connectivity index is 1.72. The average molecular weight is 367 g/mol. The van der Waals surface area contributed by atoms with Crippen LogP contribution in [0, 0.1) is 5.21 Å². The molecule has 0 saturated heterocycles. The van der Waals surface area contributed by atoms with Gasteiger partial charge in [-0.1, -0.05) is 42.5 Å². The zero-order valence-corrected chi connectivity index (χ0v) is 13.8. The quantitative estimate of drug-likeness (QED) is 0.462. The molecule has 3 nitrogen and oxygen atoms in total. The van der Waals surface area contributed by atoms with Crippen LogP contribution in [0.2, 0.25) is 0 Å². The van der Waals surface area contributed by atoms with E-state index in [1.54, 1.807) is 24.3 Å². The number of nitrogens with zero attached hydrogens (tertiary/aromatic N) is 1. The third kappa shape index (κ3) is 2.89. The summed E-state index contributed by atoms with van der Waals surface area (Å²) in [5.74, 6) is -0.710. The van der Waals surface area contributed by atoms with Gasteiger partial charge in [-0.25, -0.2) is 0 Å². The van der Waals surface area contributed by atoms with E-state index in [2.05, 4.69) is 0 Å². The second-order valence-electron chi connectivity index (χ2n) is 6.15. The number of alkyl halides is 3. The van der Waals surface area contributed by atoms with Crippen molar-refractivity contribution in [3.05, 3.63) is 94.7 Å². The van der Waals surface area contributed by atoms with Crippen molar-refractivity contribution in [1.29, 1.82) is 0 Å². The molecule has 1 aliphatic rings. The van der Waals surface area contributed by atoms with Gasteiger partial charge in [0.15, 0.2) is 0 Å². The maximum Gasteiger partial charge on any atom is 0.416 e. The van der Waals surface area contributed by atoms with Gasteiger partial charge in [-0.05, 0) is 35.4 Å². The Morgan fingerprint density at radius 3 is 2.00 bits per heavy atom. The largest absolute Gasteiger partial charge is 0.618 e. The highest BCUT2D eigenvalue weighted by Gasteiger charge is 2.40. The Morgan fingerprint density at radius 1 is 0.778 bits per heavy atom. The van der Waals surface area contributed by atoms with Crippen molar-refractivity contribution in [1.82, 2.24) is 0 Å². The van der Waals surface area contributed by atoms with Crippen LogP contribution in [0.5, 0.6) is 0 Å². The molecule has 134 valence electrons. The third-order valence-electron chi connectivity index (χ3n) is 4.47.